The molecule has 2 aromatic rings. The third kappa shape index (κ3) is 3.50. The fourth-order valence-corrected chi connectivity index (χ4v) is 1.88. The van der Waals surface area contributed by atoms with Gasteiger partial charge in [-0.05, 0) is 28.1 Å². The van der Waals surface area contributed by atoms with Crippen molar-refractivity contribution >= 4 is 15.9 Å². The third-order valence-corrected chi connectivity index (χ3v) is 3.15. The maximum absolute atomic E-state index is 13.8. The van der Waals surface area contributed by atoms with E-state index in [1.807, 2.05) is 0 Å². The SMILES string of the molecule is Fc1ccc(Br)c(OCC(F)(F)c2ccccc2)c1. The normalized spacial score (nSPS) is 11.4. The highest BCUT2D eigenvalue weighted by Crippen LogP contribution is 2.31. The Bertz CT molecular complexity index is 558. The van der Waals surface area contributed by atoms with E-state index in [-0.39, 0.29) is 11.3 Å². The van der Waals surface area contributed by atoms with E-state index in [1.54, 1.807) is 6.07 Å². The van der Waals surface area contributed by atoms with Crippen molar-refractivity contribution in [2.45, 2.75) is 5.92 Å². The van der Waals surface area contributed by atoms with Crippen molar-refractivity contribution in [3.63, 3.8) is 0 Å². The summed E-state index contributed by atoms with van der Waals surface area (Å²) in [6.07, 6.45) is 0. The van der Waals surface area contributed by atoms with Crippen LogP contribution in [0.1, 0.15) is 5.56 Å². The molecule has 0 aliphatic heterocycles. The average Bonchev–Trinajstić information content (AvgIpc) is 2.41. The molecule has 2 aromatic carbocycles. The Morgan fingerprint density at radius 2 is 1.74 bits per heavy atom. The number of rotatable bonds is 4. The highest BCUT2D eigenvalue weighted by molar-refractivity contribution is 9.10. The summed E-state index contributed by atoms with van der Waals surface area (Å²) in [5, 5.41) is 0. The minimum atomic E-state index is -3.13. The van der Waals surface area contributed by atoms with Crippen molar-refractivity contribution in [2.24, 2.45) is 0 Å². The molecule has 2 rings (SSSR count). The zero-order valence-corrected chi connectivity index (χ0v) is 11.3. The molecule has 0 N–H and O–H groups in total. The Morgan fingerprint density at radius 3 is 2.42 bits per heavy atom. The van der Waals surface area contributed by atoms with Crippen molar-refractivity contribution < 1.29 is 17.9 Å². The van der Waals surface area contributed by atoms with E-state index >= 15 is 0 Å². The summed E-state index contributed by atoms with van der Waals surface area (Å²) in [6, 6.07) is 11.0. The first-order valence-electron chi connectivity index (χ1n) is 5.50. The molecule has 0 saturated carbocycles. The molecule has 0 fully saturated rings. The van der Waals surface area contributed by atoms with Crippen LogP contribution in [0.5, 0.6) is 5.75 Å². The number of hydrogen-bond acceptors (Lipinski definition) is 1. The van der Waals surface area contributed by atoms with Crippen LogP contribution in [0.2, 0.25) is 0 Å². The molecule has 0 heterocycles. The first-order valence-corrected chi connectivity index (χ1v) is 6.29. The second kappa shape index (κ2) is 5.65. The van der Waals surface area contributed by atoms with E-state index in [1.165, 1.54) is 36.4 Å². The molecule has 0 saturated heterocycles. The fraction of sp³-hybridized carbons (Fsp3) is 0.143. The van der Waals surface area contributed by atoms with Gasteiger partial charge in [-0.2, -0.15) is 8.78 Å². The second-order valence-corrected chi connectivity index (χ2v) is 4.79. The molecular weight excluding hydrogens is 321 g/mol. The van der Waals surface area contributed by atoms with Gasteiger partial charge >= 0.3 is 5.92 Å². The van der Waals surface area contributed by atoms with E-state index in [2.05, 4.69) is 15.9 Å². The quantitative estimate of drug-likeness (QED) is 0.785. The molecule has 5 heteroatoms. The number of alkyl halides is 2. The van der Waals surface area contributed by atoms with Gasteiger partial charge in [-0.3, -0.25) is 0 Å². The predicted molar refractivity (Wildman–Crippen MR) is 69.9 cm³/mol. The Balaban J connectivity index is 2.12. The molecule has 0 spiro atoms. The lowest BCUT2D eigenvalue weighted by Crippen LogP contribution is -2.23. The summed E-state index contributed by atoms with van der Waals surface area (Å²) in [4.78, 5) is 0. The molecule has 0 amide bonds. The summed E-state index contributed by atoms with van der Waals surface area (Å²) in [5.41, 5.74) is -0.137. The van der Waals surface area contributed by atoms with Crippen LogP contribution >= 0.6 is 15.9 Å². The summed E-state index contributed by atoms with van der Waals surface area (Å²) in [5.74, 6) is -3.62. The van der Waals surface area contributed by atoms with Crippen LogP contribution in [0.4, 0.5) is 13.2 Å². The van der Waals surface area contributed by atoms with Crippen LogP contribution < -0.4 is 4.74 Å². The van der Waals surface area contributed by atoms with Crippen molar-refractivity contribution in [1.82, 2.24) is 0 Å². The van der Waals surface area contributed by atoms with Gasteiger partial charge in [0.25, 0.3) is 0 Å². The van der Waals surface area contributed by atoms with Gasteiger partial charge in [0.15, 0.2) is 6.61 Å². The number of benzene rings is 2. The van der Waals surface area contributed by atoms with Gasteiger partial charge in [0.1, 0.15) is 11.6 Å². The molecule has 0 bridgehead atoms. The van der Waals surface area contributed by atoms with Crippen LogP contribution in [0.15, 0.2) is 53.0 Å². The van der Waals surface area contributed by atoms with Crippen molar-refractivity contribution in [2.75, 3.05) is 6.61 Å². The molecule has 19 heavy (non-hydrogen) atoms. The van der Waals surface area contributed by atoms with Crippen LogP contribution in [-0.4, -0.2) is 6.61 Å². The molecule has 0 radical (unpaired) electrons. The van der Waals surface area contributed by atoms with Gasteiger partial charge < -0.3 is 4.74 Å². The number of halogens is 4. The van der Waals surface area contributed by atoms with E-state index in [9.17, 15) is 13.2 Å². The van der Waals surface area contributed by atoms with Gasteiger partial charge in [-0.25, -0.2) is 4.39 Å². The molecule has 1 nitrogen and oxygen atoms in total. The average molecular weight is 331 g/mol. The monoisotopic (exact) mass is 330 g/mol. The fourth-order valence-electron chi connectivity index (χ4n) is 1.52. The van der Waals surface area contributed by atoms with Gasteiger partial charge in [0.2, 0.25) is 0 Å². The lowest BCUT2D eigenvalue weighted by atomic mass is 10.1. The highest BCUT2D eigenvalue weighted by atomic mass is 79.9. The first-order chi connectivity index (χ1) is 8.99. The Hall–Kier alpha value is -1.49. The van der Waals surface area contributed by atoms with Gasteiger partial charge in [0.05, 0.1) is 4.47 Å². The molecule has 0 aromatic heterocycles. The van der Waals surface area contributed by atoms with Crippen LogP contribution in [0, 0.1) is 5.82 Å². The highest BCUT2D eigenvalue weighted by Gasteiger charge is 2.32. The lowest BCUT2D eigenvalue weighted by molar-refractivity contribution is -0.0469. The molecule has 0 aliphatic carbocycles. The van der Waals surface area contributed by atoms with Gasteiger partial charge in [-0.1, -0.05) is 30.3 Å². The van der Waals surface area contributed by atoms with Crippen molar-refractivity contribution in [1.29, 1.82) is 0 Å². The standard InChI is InChI=1S/C14H10BrF3O/c15-12-7-6-11(16)8-13(12)19-9-14(17,18)10-4-2-1-3-5-10/h1-8H,9H2. The van der Waals surface area contributed by atoms with E-state index in [0.717, 1.165) is 6.07 Å². The lowest BCUT2D eigenvalue weighted by Gasteiger charge is -2.18. The minimum absolute atomic E-state index is 0.0515. The topological polar surface area (TPSA) is 9.23 Å². The second-order valence-electron chi connectivity index (χ2n) is 3.93. The van der Waals surface area contributed by atoms with E-state index < -0.39 is 18.3 Å². The third-order valence-electron chi connectivity index (χ3n) is 2.50. The van der Waals surface area contributed by atoms with Crippen LogP contribution in [-0.2, 0) is 5.92 Å². The predicted octanol–water partition coefficient (Wildman–Crippen LogP) is 4.76. The summed E-state index contributed by atoms with van der Waals surface area (Å²) in [7, 11) is 0. The zero-order chi connectivity index (χ0) is 13.9. The van der Waals surface area contributed by atoms with Crippen molar-refractivity contribution in [3.8, 4) is 5.75 Å². The zero-order valence-electron chi connectivity index (χ0n) is 9.75. The Labute approximate surface area is 117 Å². The van der Waals surface area contributed by atoms with Crippen LogP contribution in [0.25, 0.3) is 0 Å². The first kappa shape index (κ1) is 13.9. The number of ether oxygens (including phenoxy) is 1. The molecule has 0 atom stereocenters. The maximum Gasteiger partial charge on any atom is 0.306 e. The summed E-state index contributed by atoms with van der Waals surface area (Å²) >= 11 is 3.12. The van der Waals surface area contributed by atoms with Crippen LogP contribution in [0.3, 0.4) is 0 Å². The van der Waals surface area contributed by atoms with Gasteiger partial charge in [-0.15, -0.1) is 0 Å². The molecule has 100 valence electrons. The number of hydrogen-bond donors (Lipinski definition) is 0. The van der Waals surface area contributed by atoms with E-state index in [0.29, 0.717) is 4.47 Å². The summed E-state index contributed by atoms with van der Waals surface area (Å²) < 4.78 is 46.1. The molecule has 0 aliphatic rings. The summed E-state index contributed by atoms with van der Waals surface area (Å²) in [6.45, 7) is -0.848. The maximum atomic E-state index is 13.8. The minimum Gasteiger partial charge on any atom is -0.486 e. The van der Waals surface area contributed by atoms with E-state index in [4.69, 9.17) is 4.74 Å². The Kier molecular flexibility index (Phi) is 4.14. The van der Waals surface area contributed by atoms with Crippen molar-refractivity contribution in [3.05, 3.63) is 64.4 Å². The van der Waals surface area contributed by atoms with Gasteiger partial charge in [0, 0.05) is 11.6 Å². The smallest absolute Gasteiger partial charge is 0.306 e. The Morgan fingerprint density at radius 1 is 1.05 bits per heavy atom. The largest absolute Gasteiger partial charge is 0.486 e. The molecule has 0 unspecified atom stereocenters. The molecular formula is C14H10BrF3O.